The molecule has 2 aromatic heterocycles. The largest absolute Gasteiger partial charge is 0.377 e. The molecule has 1 unspecified atom stereocenters. The van der Waals surface area contributed by atoms with Crippen molar-refractivity contribution >= 4 is 17.0 Å². The van der Waals surface area contributed by atoms with Crippen molar-refractivity contribution in [3.05, 3.63) is 58.6 Å². The minimum absolute atomic E-state index is 0.188. The SMILES string of the molecule is Cc1nc(C(C)Nc2cccc(-n3ccnc3)c2)c(C)s1. The Balaban J connectivity index is 1.82. The molecule has 0 saturated heterocycles. The van der Waals surface area contributed by atoms with Crippen LogP contribution in [-0.2, 0) is 0 Å². The number of anilines is 1. The standard InChI is InChI=1S/C16H18N4S/c1-11(16-12(2)21-13(3)19-16)18-14-5-4-6-15(9-14)20-8-7-17-10-20/h4-11,18H,1-3H3. The first-order valence-corrected chi connectivity index (χ1v) is 7.74. The second-order valence-electron chi connectivity index (χ2n) is 5.06. The van der Waals surface area contributed by atoms with Gasteiger partial charge in [0.15, 0.2) is 0 Å². The number of aromatic nitrogens is 3. The molecule has 5 heteroatoms. The highest BCUT2D eigenvalue weighted by atomic mass is 32.1. The fourth-order valence-electron chi connectivity index (χ4n) is 2.43. The summed E-state index contributed by atoms with van der Waals surface area (Å²) in [7, 11) is 0. The number of imidazole rings is 1. The van der Waals surface area contributed by atoms with E-state index in [9.17, 15) is 0 Å². The molecule has 21 heavy (non-hydrogen) atoms. The average Bonchev–Trinajstić information content (AvgIpc) is 3.08. The summed E-state index contributed by atoms with van der Waals surface area (Å²) in [6, 6.07) is 8.49. The summed E-state index contributed by atoms with van der Waals surface area (Å²) >= 11 is 1.75. The zero-order valence-electron chi connectivity index (χ0n) is 12.4. The van der Waals surface area contributed by atoms with Crippen LogP contribution in [0.5, 0.6) is 0 Å². The third kappa shape index (κ3) is 2.97. The summed E-state index contributed by atoms with van der Waals surface area (Å²) in [6.07, 6.45) is 5.52. The molecule has 0 amide bonds. The maximum Gasteiger partial charge on any atom is 0.0991 e. The molecule has 1 aromatic carbocycles. The molecule has 0 aliphatic heterocycles. The maximum atomic E-state index is 4.62. The molecule has 108 valence electrons. The number of hydrogen-bond acceptors (Lipinski definition) is 4. The van der Waals surface area contributed by atoms with Gasteiger partial charge in [0.1, 0.15) is 0 Å². The van der Waals surface area contributed by atoms with Crippen LogP contribution in [0.25, 0.3) is 5.69 Å². The van der Waals surface area contributed by atoms with E-state index in [1.165, 1.54) is 4.88 Å². The molecule has 0 saturated carbocycles. The molecule has 4 nitrogen and oxygen atoms in total. The minimum Gasteiger partial charge on any atom is -0.377 e. The van der Waals surface area contributed by atoms with Crippen LogP contribution in [0.3, 0.4) is 0 Å². The van der Waals surface area contributed by atoms with Crippen molar-refractivity contribution in [2.24, 2.45) is 0 Å². The average molecular weight is 298 g/mol. The van der Waals surface area contributed by atoms with Crippen LogP contribution in [0.15, 0.2) is 43.0 Å². The van der Waals surface area contributed by atoms with Gasteiger partial charge in [-0.3, -0.25) is 0 Å². The highest BCUT2D eigenvalue weighted by Crippen LogP contribution is 2.26. The van der Waals surface area contributed by atoms with Crippen molar-refractivity contribution in [1.29, 1.82) is 0 Å². The highest BCUT2D eigenvalue weighted by Gasteiger charge is 2.13. The Labute approximate surface area is 128 Å². The molecule has 0 aliphatic carbocycles. The molecule has 1 N–H and O–H groups in total. The Kier molecular flexibility index (Phi) is 3.75. The van der Waals surface area contributed by atoms with Crippen molar-refractivity contribution in [2.75, 3.05) is 5.32 Å². The number of benzene rings is 1. The third-order valence-electron chi connectivity index (χ3n) is 3.38. The molecule has 0 radical (unpaired) electrons. The van der Waals surface area contributed by atoms with E-state index in [2.05, 4.69) is 47.3 Å². The lowest BCUT2D eigenvalue weighted by Gasteiger charge is -2.15. The number of nitrogens with zero attached hydrogens (tertiary/aromatic N) is 3. The lowest BCUT2D eigenvalue weighted by Crippen LogP contribution is -2.08. The first-order chi connectivity index (χ1) is 10.1. The van der Waals surface area contributed by atoms with Crippen molar-refractivity contribution in [3.63, 3.8) is 0 Å². The Morgan fingerprint density at radius 3 is 2.81 bits per heavy atom. The van der Waals surface area contributed by atoms with Gasteiger partial charge >= 0.3 is 0 Å². The van der Waals surface area contributed by atoms with E-state index in [1.54, 1.807) is 23.9 Å². The normalized spacial score (nSPS) is 12.3. The summed E-state index contributed by atoms with van der Waals surface area (Å²) in [4.78, 5) is 9.98. The second-order valence-corrected chi connectivity index (χ2v) is 6.47. The van der Waals surface area contributed by atoms with Crippen molar-refractivity contribution in [1.82, 2.24) is 14.5 Å². The van der Waals surface area contributed by atoms with Crippen LogP contribution < -0.4 is 5.32 Å². The van der Waals surface area contributed by atoms with Gasteiger partial charge in [-0.25, -0.2) is 9.97 Å². The Hall–Kier alpha value is -2.14. The van der Waals surface area contributed by atoms with Crippen molar-refractivity contribution in [2.45, 2.75) is 26.8 Å². The summed E-state index contributed by atoms with van der Waals surface area (Å²) in [5, 5.41) is 4.64. The van der Waals surface area contributed by atoms with Gasteiger partial charge in [0.2, 0.25) is 0 Å². The maximum absolute atomic E-state index is 4.62. The first kappa shape index (κ1) is 13.8. The molecule has 2 heterocycles. The Morgan fingerprint density at radius 1 is 1.29 bits per heavy atom. The third-order valence-corrected chi connectivity index (χ3v) is 4.28. The zero-order chi connectivity index (χ0) is 14.8. The molecular formula is C16H18N4S. The van der Waals surface area contributed by atoms with E-state index in [4.69, 9.17) is 0 Å². The van der Waals surface area contributed by atoms with Gasteiger partial charge in [-0.2, -0.15) is 0 Å². The Morgan fingerprint density at radius 2 is 2.14 bits per heavy atom. The molecule has 0 bridgehead atoms. The van der Waals surface area contributed by atoms with Gasteiger partial charge in [-0.05, 0) is 39.0 Å². The number of rotatable bonds is 4. The number of aryl methyl sites for hydroxylation is 2. The molecule has 0 aliphatic rings. The summed E-state index contributed by atoms with van der Waals surface area (Å²) in [6.45, 7) is 6.32. The van der Waals surface area contributed by atoms with Crippen molar-refractivity contribution in [3.8, 4) is 5.69 Å². The van der Waals surface area contributed by atoms with Crippen LogP contribution in [0.4, 0.5) is 5.69 Å². The monoisotopic (exact) mass is 298 g/mol. The molecule has 1 atom stereocenters. The van der Waals surface area contributed by atoms with Gasteiger partial charge in [-0.15, -0.1) is 11.3 Å². The fraction of sp³-hybridized carbons (Fsp3) is 0.250. The van der Waals surface area contributed by atoms with E-state index < -0.39 is 0 Å². The van der Waals surface area contributed by atoms with Crippen LogP contribution in [0.1, 0.15) is 28.5 Å². The highest BCUT2D eigenvalue weighted by molar-refractivity contribution is 7.11. The molecule has 0 fully saturated rings. The van der Waals surface area contributed by atoms with Gasteiger partial charge in [0.25, 0.3) is 0 Å². The lowest BCUT2D eigenvalue weighted by molar-refractivity contribution is 0.836. The van der Waals surface area contributed by atoms with Crippen LogP contribution in [0, 0.1) is 13.8 Å². The van der Waals surface area contributed by atoms with Crippen LogP contribution in [-0.4, -0.2) is 14.5 Å². The number of thiazole rings is 1. The van der Waals surface area contributed by atoms with Gasteiger partial charge in [-0.1, -0.05) is 6.07 Å². The molecular weight excluding hydrogens is 280 g/mol. The van der Waals surface area contributed by atoms with Gasteiger partial charge in [0.05, 0.1) is 23.1 Å². The summed E-state index contributed by atoms with van der Waals surface area (Å²) < 4.78 is 1.99. The quantitative estimate of drug-likeness (QED) is 0.788. The van der Waals surface area contributed by atoms with Gasteiger partial charge < -0.3 is 9.88 Å². The van der Waals surface area contributed by atoms with E-state index in [0.717, 1.165) is 22.1 Å². The topological polar surface area (TPSA) is 42.7 Å². The predicted octanol–water partition coefficient (Wildman–Crippen LogP) is 4.12. The van der Waals surface area contributed by atoms with E-state index >= 15 is 0 Å². The van der Waals surface area contributed by atoms with Gasteiger partial charge in [0, 0.05) is 28.6 Å². The first-order valence-electron chi connectivity index (χ1n) is 6.92. The summed E-state index contributed by atoms with van der Waals surface area (Å²) in [5.74, 6) is 0. The van der Waals surface area contributed by atoms with E-state index in [1.807, 2.05) is 23.8 Å². The molecule has 0 spiro atoms. The number of hydrogen-bond donors (Lipinski definition) is 1. The molecule has 3 aromatic rings. The zero-order valence-corrected chi connectivity index (χ0v) is 13.2. The van der Waals surface area contributed by atoms with E-state index in [0.29, 0.717) is 0 Å². The fourth-order valence-corrected chi connectivity index (χ4v) is 3.35. The molecule has 3 rings (SSSR count). The second kappa shape index (κ2) is 5.69. The minimum atomic E-state index is 0.188. The lowest BCUT2D eigenvalue weighted by atomic mass is 10.2. The smallest absolute Gasteiger partial charge is 0.0991 e. The van der Waals surface area contributed by atoms with Crippen LogP contribution >= 0.6 is 11.3 Å². The van der Waals surface area contributed by atoms with Crippen molar-refractivity contribution < 1.29 is 0 Å². The van der Waals surface area contributed by atoms with E-state index in [-0.39, 0.29) is 6.04 Å². The number of nitrogens with one attached hydrogen (secondary N) is 1. The van der Waals surface area contributed by atoms with Crippen LogP contribution in [0.2, 0.25) is 0 Å². The summed E-state index contributed by atoms with van der Waals surface area (Å²) in [5.41, 5.74) is 3.31. The Bertz CT molecular complexity index is 731. The predicted molar refractivity (Wildman–Crippen MR) is 87.2 cm³/mol.